The molecule has 68 heavy (non-hydrogen) atoms. The predicted octanol–water partition coefficient (Wildman–Crippen LogP) is 18.3. The molecule has 0 bridgehead atoms. The van der Waals surface area contributed by atoms with E-state index in [2.05, 4.69) is 242 Å². The Bertz CT molecular complexity index is 2710. The fourth-order valence-electron chi connectivity index (χ4n) is 11.8. The van der Waals surface area contributed by atoms with Gasteiger partial charge in [-0.3, -0.25) is 0 Å². The van der Waals surface area contributed by atoms with Crippen molar-refractivity contribution >= 4 is 26.6 Å². The Hall–Kier alpha value is -4.83. The van der Waals surface area contributed by atoms with Crippen LogP contribution in [0, 0.1) is 55.4 Å². The quantitative estimate of drug-likeness (QED) is 0.103. The third-order valence-corrected chi connectivity index (χ3v) is 36.0. The summed E-state index contributed by atoms with van der Waals surface area (Å²) in [4.78, 5) is 0. The summed E-state index contributed by atoms with van der Waals surface area (Å²) in [5.74, 6) is 1.11. The molecule has 1 aliphatic rings. The molecule has 1 aliphatic heterocycles. The molecule has 0 fully saturated rings. The van der Waals surface area contributed by atoms with E-state index in [0.29, 0.717) is 0 Å². The zero-order valence-corrected chi connectivity index (χ0v) is 47.2. The maximum absolute atomic E-state index is 3.25. The number of rotatable bonds is 9. The van der Waals surface area contributed by atoms with Crippen molar-refractivity contribution < 1.29 is 0 Å². The van der Waals surface area contributed by atoms with Crippen LogP contribution >= 0.6 is 10.1 Å². The fraction of sp³-hybridized carbons (Fsp3) is 0.333. The van der Waals surface area contributed by atoms with E-state index >= 15 is 0 Å². The average molecular weight is 974 g/mol. The van der Waals surface area contributed by atoms with Crippen molar-refractivity contribution in [2.45, 2.75) is 139 Å². The molecule has 2 heteroatoms. The number of allylic oxidation sites excluding steroid dienone is 1. The van der Waals surface area contributed by atoms with Crippen LogP contribution in [0.4, 0.5) is 0 Å². The summed E-state index contributed by atoms with van der Waals surface area (Å²) in [5.41, 5.74) is 32.2. The Labute approximate surface area is 417 Å². The molecule has 0 N–H and O–H groups in total. The van der Waals surface area contributed by atoms with Crippen molar-refractivity contribution in [3.8, 4) is 44.5 Å². The first-order valence-corrected chi connectivity index (χ1v) is 32.2. The zero-order valence-electron chi connectivity index (χ0n) is 44.3. The van der Waals surface area contributed by atoms with Crippen LogP contribution < -0.4 is 4.40 Å². The molecule has 0 saturated carbocycles. The molecular formula is C66H76GeS. The van der Waals surface area contributed by atoms with Crippen molar-refractivity contribution in [1.82, 2.24) is 0 Å². The van der Waals surface area contributed by atoms with Gasteiger partial charge in [-0.25, -0.2) is 0 Å². The van der Waals surface area contributed by atoms with E-state index in [1.54, 1.807) is 26.7 Å². The predicted molar refractivity (Wildman–Crippen MR) is 304 cm³/mol. The number of benzene rings is 7. The number of aryl methyl sites for hydroxylation is 8. The first kappa shape index (κ1) is 49.6. The van der Waals surface area contributed by atoms with E-state index in [9.17, 15) is 0 Å². The minimum absolute atomic E-state index is 0.0703. The monoisotopic (exact) mass is 974 g/mol. The molecule has 0 aliphatic carbocycles. The first-order chi connectivity index (χ1) is 32.1. The molecule has 7 aromatic rings. The van der Waals surface area contributed by atoms with Crippen molar-refractivity contribution in [1.29, 1.82) is 0 Å². The van der Waals surface area contributed by atoms with Crippen LogP contribution in [0.5, 0.6) is 0 Å². The van der Waals surface area contributed by atoms with E-state index in [4.69, 9.17) is 0 Å². The molecule has 1 unspecified atom stereocenters. The van der Waals surface area contributed by atoms with Gasteiger partial charge in [-0.1, -0.05) is 0 Å². The third-order valence-electron chi connectivity index (χ3n) is 15.6. The Morgan fingerprint density at radius 1 is 0.412 bits per heavy atom. The summed E-state index contributed by atoms with van der Waals surface area (Å²) in [5, 5.41) is 1.21. The standard InChI is InChI=1S/C66H76GeS/c1-41-23-17-24-42(2)60(41)54-31-21-32-55(61-43(3)25-18-26-44(61)4)58(54)37-51-35-53(65(11,12)13)36-52(64(51)67(66(14,15)16)39-49(9)50(10)40-68-67)38-59-56(62-45(5)27-19-28-46(62)6)33-22-34-57(59)63-47(7)29-20-30-48(63)8/h17-36H,37-40H2,1-16H3. The molecule has 0 amide bonds. The van der Waals surface area contributed by atoms with Gasteiger partial charge in [0.2, 0.25) is 0 Å². The van der Waals surface area contributed by atoms with Gasteiger partial charge in [-0.2, -0.15) is 0 Å². The van der Waals surface area contributed by atoms with E-state index in [0.717, 1.165) is 18.6 Å². The summed E-state index contributed by atoms with van der Waals surface area (Å²) in [7, 11) is 2.40. The molecule has 7 aromatic carbocycles. The number of hydrogen-bond donors (Lipinski definition) is 0. The zero-order chi connectivity index (χ0) is 49.0. The second kappa shape index (κ2) is 19.2. The van der Waals surface area contributed by atoms with Gasteiger partial charge in [-0.05, 0) is 0 Å². The maximum atomic E-state index is 2.71. The summed E-state index contributed by atoms with van der Waals surface area (Å²) < 4.78 is 1.84. The fourth-order valence-corrected chi connectivity index (χ4v) is 30.9. The topological polar surface area (TPSA) is 0 Å². The van der Waals surface area contributed by atoms with Crippen molar-refractivity contribution in [3.63, 3.8) is 0 Å². The third kappa shape index (κ3) is 9.20. The molecule has 0 spiro atoms. The van der Waals surface area contributed by atoms with Gasteiger partial charge in [0.15, 0.2) is 0 Å². The molecule has 0 radical (unpaired) electrons. The molecule has 1 heterocycles. The number of hydrogen-bond acceptors (Lipinski definition) is 1. The molecule has 8 rings (SSSR count). The Balaban J connectivity index is 1.54. The Kier molecular flexibility index (Phi) is 14.0. The van der Waals surface area contributed by atoms with Crippen LogP contribution in [0.25, 0.3) is 44.5 Å². The van der Waals surface area contributed by atoms with Crippen LogP contribution in [-0.4, -0.2) is 17.9 Å². The average Bonchev–Trinajstić information content (AvgIpc) is 3.25. The van der Waals surface area contributed by atoms with Gasteiger partial charge >= 0.3 is 420 Å². The Morgan fingerprint density at radius 3 is 0.971 bits per heavy atom. The van der Waals surface area contributed by atoms with Crippen LogP contribution in [0.15, 0.2) is 132 Å². The van der Waals surface area contributed by atoms with Crippen molar-refractivity contribution in [2.24, 2.45) is 0 Å². The SMILES string of the molecule is CC1=C(C)[CH2][Ge]([c]2c(Cc3c(-c4c(C)cccc4C)cccc3-c3c(C)cccc3C)cc(C(C)(C)C)cc2Cc2c(-c3c(C)cccc3C)cccc2-c2c(C)cccc2C)([C](C)(C)C)[S]C1. The molecular weight excluding hydrogens is 897 g/mol. The second-order valence-electron chi connectivity index (χ2n) is 22.6. The minimum atomic E-state index is -3.25. The van der Waals surface area contributed by atoms with Crippen LogP contribution in [0.1, 0.15) is 128 Å². The molecule has 350 valence electrons. The van der Waals surface area contributed by atoms with Gasteiger partial charge < -0.3 is 0 Å². The van der Waals surface area contributed by atoms with E-state index < -0.39 is 12.1 Å². The van der Waals surface area contributed by atoms with E-state index in [1.165, 1.54) is 111 Å². The first-order valence-electron chi connectivity index (χ1n) is 25.1. The molecule has 0 saturated heterocycles. The van der Waals surface area contributed by atoms with Crippen LogP contribution in [0.3, 0.4) is 0 Å². The Morgan fingerprint density at radius 2 is 0.706 bits per heavy atom. The van der Waals surface area contributed by atoms with E-state index in [-0.39, 0.29) is 9.66 Å². The van der Waals surface area contributed by atoms with Gasteiger partial charge in [0.25, 0.3) is 0 Å². The molecule has 0 nitrogen and oxygen atoms in total. The van der Waals surface area contributed by atoms with Gasteiger partial charge in [0.1, 0.15) is 0 Å². The van der Waals surface area contributed by atoms with Gasteiger partial charge in [0.05, 0.1) is 0 Å². The summed E-state index contributed by atoms with van der Waals surface area (Å²) in [6.07, 6.45) is 1.74. The van der Waals surface area contributed by atoms with E-state index in [1.807, 2.05) is 0 Å². The molecule has 0 aromatic heterocycles. The van der Waals surface area contributed by atoms with Crippen molar-refractivity contribution in [3.05, 3.63) is 205 Å². The van der Waals surface area contributed by atoms with Gasteiger partial charge in [-0.15, -0.1) is 0 Å². The normalized spacial score (nSPS) is 15.6. The summed E-state index contributed by atoms with van der Waals surface area (Å²) in [6, 6.07) is 47.2. The summed E-state index contributed by atoms with van der Waals surface area (Å²) >= 11 is -3.25. The van der Waals surface area contributed by atoms with Crippen molar-refractivity contribution in [2.75, 3.05) is 5.75 Å². The second-order valence-corrected chi connectivity index (χ2v) is 37.0. The van der Waals surface area contributed by atoms with Crippen LogP contribution in [0.2, 0.25) is 9.50 Å². The van der Waals surface area contributed by atoms with Crippen LogP contribution in [-0.2, 0) is 18.3 Å². The van der Waals surface area contributed by atoms with Gasteiger partial charge in [0, 0.05) is 0 Å². The molecule has 1 atom stereocenters. The summed E-state index contributed by atoms with van der Waals surface area (Å²) in [6.45, 7) is 38.5.